The summed E-state index contributed by atoms with van der Waals surface area (Å²) in [6.07, 6.45) is -9.45. The zero-order valence-corrected chi connectivity index (χ0v) is 21.7. The van der Waals surface area contributed by atoms with E-state index in [1.807, 2.05) is 0 Å². The average Bonchev–Trinajstić information content (AvgIpc) is 2.87. The minimum Gasteiger partial charge on any atom is -0.357 e. The second-order valence-electron chi connectivity index (χ2n) is 8.27. The van der Waals surface area contributed by atoms with Gasteiger partial charge in [-0.2, -0.15) is 39.7 Å². The second-order valence-corrected chi connectivity index (χ2v) is 11.8. The van der Waals surface area contributed by atoms with E-state index in [0.717, 1.165) is 42.7 Å². The molecule has 0 aliphatic heterocycles. The zero-order valence-electron chi connectivity index (χ0n) is 20.0. The molecule has 0 aliphatic carbocycles. The summed E-state index contributed by atoms with van der Waals surface area (Å²) in [6.45, 7) is 0. The van der Waals surface area contributed by atoms with Gasteiger partial charge < -0.3 is 4.18 Å². The number of nitrogens with zero attached hydrogens (tertiary/aromatic N) is 2. The topological polar surface area (TPSA) is 103 Å². The Labute approximate surface area is 224 Å². The Morgan fingerprint density at radius 1 is 0.675 bits per heavy atom. The van der Waals surface area contributed by atoms with Crippen molar-refractivity contribution in [2.24, 2.45) is 0 Å². The van der Waals surface area contributed by atoms with Crippen LogP contribution in [-0.2, 0) is 32.3 Å². The average molecular weight is 603 g/mol. The van der Waals surface area contributed by atoms with Gasteiger partial charge in [0.15, 0.2) is 9.84 Å². The van der Waals surface area contributed by atoms with Crippen molar-refractivity contribution in [1.82, 2.24) is 9.97 Å². The summed E-state index contributed by atoms with van der Waals surface area (Å²) in [6, 6.07) is 14.7. The first-order valence-corrected chi connectivity index (χ1v) is 14.2. The van der Waals surface area contributed by atoms with E-state index < -0.39 is 65.7 Å². The fourth-order valence-electron chi connectivity index (χ4n) is 3.63. The van der Waals surface area contributed by atoms with Crippen molar-refractivity contribution in [3.05, 3.63) is 90.3 Å². The maximum Gasteiger partial charge on any atom is 0.451 e. The van der Waals surface area contributed by atoms with Crippen LogP contribution in [0.1, 0.15) is 11.4 Å². The van der Waals surface area contributed by atoms with Gasteiger partial charge in [0.1, 0.15) is 4.90 Å². The normalized spacial score (nSPS) is 12.8. The predicted molar refractivity (Wildman–Crippen MR) is 130 cm³/mol. The molecule has 0 radical (unpaired) electrons. The van der Waals surface area contributed by atoms with Crippen molar-refractivity contribution in [1.29, 1.82) is 0 Å². The molecule has 1 aromatic heterocycles. The van der Waals surface area contributed by atoms with E-state index in [-0.39, 0.29) is 16.0 Å². The number of alkyl halides is 6. The monoisotopic (exact) mass is 602 g/mol. The van der Waals surface area contributed by atoms with Crippen molar-refractivity contribution < 1.29 is 47.4 Å². The number of aromatic nitrogens is 2. The van der Waals surface area contributed by atoms with Crippen molar-refractivity contribution in [3.8, 4) is 28.3 Å². The lowest BCUT2D eigenvalue weighted by molar-refractivity contribution is -0.145. The number of rotatable bonds is 6. The van der Waals surface area contributed by atoms with Gasteiger partial charge in [0.05, 0.1) is 21.7 Å². The van der Waals surface area contributed by atoms with E-state index in [1.54, 1.807) is 6.07 Å². The van der Waals surface area contributed by atoms with Gasteiger partial charge in [0, 0.05) is 11.8 Å². The highest BCUT2D eigenvalue weighted by molar-refractivity contribution is 7.90. The Morgan fingerprint density at radius 3 is 1.80 bits per heavy atom. The summed E-state index contributed by atoms with van der Waals surface area (Å²) in [4.78, 5) is 5.31. The molecule has 4 aromatic rings. The number of halogens is 6. The summed E-state index contributed by atoms with van der Waals surface area (Å²) in [5.74, 6) is -3.03. The number of hydrogen-bond donors (Lipinski definition) is 0. The van der Waals surface area contributed by atoms with Crippen LogP contribution >= 0.6 is 0 Å². The van der Waals surface area contributed by atoms with Crippen LogP contribution in [0, 0.1) is 0 Å². The van der Waals surface area contributed by atoms with E-state index in [4.69, 9.17) is 4.18 Å². The third-order valence-electron chi connectivity index (χ3n) is 5.40. The molecule has 7 nitrogen and oxygen atoms in total. The van der Waals surface area contributed by atoms with Crippen molar-refractivity contribution in [3.63, 3.8) is 0 Å². The molecule has 0 unspecified atom stereocenters. The molecular formula is C25H16F6N2O5S2. The summed E-state index contributed by atoms with van der Waals surface area (Å²) < 4.78 is 137. The standard InChI is InChI=1S/C25H16F6N2O5S2/c1-39(34,35)17-13-11-16(12-14-17)21-20(15-7-3-2-4-8-15)22(33-23(32-21)25(29,30)31)38-40(36,37)19-10-6-5-9-18(19)24(26,27)28/h2-14H,1H3. The van der Waals surface area contributed by atoms with Crippen LogP contribution in [0.5, 0.6) is 5.88 Å². The van der Waals surface area contributed by atoms with Crippen molar-refractivity contribution >= 4 is 20.0 Å². The molecule has 0 saturated heterocycles. The zero-order chi connectivity index (χ0) is 29.5. The molecule has 0 fully saturated rings. The molecule has 0 saturated carbocycles. The van der Waals surface area contributed by atoms with Crippen LogP contribution in [0.3, 0.4) is 0 Å². The van der Waals surface area contributed by atoms with Crippen molar-refractivity contribution in [2.45, 2.75) is 22.1 Å². The van der Waals surface area contributed by atoms with Gasteiger partial charge in [-0.3, -0.25) is 0 Å². The molecule has 40 heavy (non-hydrogen) atoms. The van der Waals surface area contributed by atoms with Crippen LogP contribution in [0.4, 0.5) is 26.3 Å². The molecule has 1 heterocycles. The molecular weight excluding hydrogens is 586 g/mol. The third kappa shape index (κ3) is 6.09. The summed E-state index contributed by atoms with van der Waals surface area (Å²) in [5, 5.41) is 0. The van der Waals surface area contributed by atoms with Gasteiger partial charge in [-0.25, -0.2) is 13.4 Å². The number of benzene rings is 3. The Hall–Kier alpha value is -3.98. The fourth-order valence-corrected chi connectivity index (χ4v) is 5.38. The van der Waals surface area contributed by atoms with Gasteiger partial charge >= 0.3 is 22.5 Å². The Bertz CT molecular complexity index is 1770. The van der Waals surface area contributed by atoms with E-state index in [1.165, 1.54) is 24.3 Å². The minimum atomic E-state index is -5.40. The molecule has 0 atom stereocenters. The van der Waals surface area contributed by atoms with Crippen LogP contribution in [0.2, 0.25) is 0 Å². The molecule has 4 rings (SSSR count). The lowest BCUT2D eigenvalue weighted by atomic mass is 10.00. The predicted octanol–water partition coefficient (Wildman–Crippen LogP) is 6.02. The summed E-state index contributed by atoms with van der Waals surface area (Å²) in [7, 11) is -9.08. The summed E-state index contributed by atoms with van der Waals surface area (Å²) in [5.41, 5.74) is -2.53. The Morgan fingerprint density at radius 2 is 1.25 bits per heavy atom. The van der Waals surface area contributed by atoms with Gasteiger partial charge in [0.25, 0.3) is 0 Å². The van der Waals surface area contributed by atoms with Gasteiger partial charge in [-0.1, -0.05) is 54.6 Å². The van der Waals surface area contributed by atoms with E-state index in [9.17, 15) is 43.2 Å². The first-order chi connectivity index (χ1) is 18.5. The van der Waals surface area contributed by atoms with Gasteiger partial charge in [0.2, 0.25) is 11.7 Å². The van der Waals surface area contributed by atoms with Crippen LogP contribution < -0.4 is 4.18 Å². The molecule has 0 amide bonds. The first kappa shape index (κ1) is 29.0. The molecule has 210 valence electrons. The maximum absolute atomic E-state index is 13.8. The van der Waals surface area contributed by atoms with Crippen LogP contribution in [0.15, 0.2) is 88.7 Å². The summed E-state index contributed by atoms with van der Waals surface area (Å²) >= 11 is 0. The minimum absolute atomic E-state index is 0.0627. The molecule has 0 bridgehead atoms. The van der Waals surface area contributed by atoms with E-state index in [0.29, 0.717) is 12.1 Å². The molecule has 0 N–H and O–H groups in total. The van der Waals surface area contributed by atoms with E-state index in [2.05, 4.69) is 9.97 Å². The SMILES string of the molecule is CS(=O)(=O)c1ccc(-c2nc(C(F)(F)F)nc(OS(=O)(=O)c3ccccc3C(F)(F)F)c2-c2ccccc2)cc1. The third-order valence-corrected chi connectivity index (χ3v) is 7.80. The largest absolute Gasteiger partial charge is 0.451 e. The van der Waals surface area contributed by atoms with Gasteiger partial charge in [-0.05, 0) is 29.8 Å². The highest BCUT2D eigenvalue weighted by atomic mass is 32.2. The highest BCUT2D eigenvalue weighted by Gasteiger charge is 2.40. The van der Waals surface area contributed by atoms with Gasteiger partial charge in [-0.15, -0.1) is 0 Å². The van der Waals surface area contributed by atoms with Crippen LogP contribution in [0.25, 0.3) is 22.4 Å². The highest BCUT2D eigenvalue weighted by Crippen LogP contribution is 2.42. The maximum atomic E-state index is 13.8. The van der Waals surface area contributed by atoms with Crippen LogP contribution in [-0.4, -0.2) is 33.1 Å². The Balaban J connectivity index is 2.02. The van der Waals surface area contributed by atoms with Crippen molar-refractivity contribution in [2.75, 3.05) is 6.26 Å². The lowest BCUT2D eigenvalue weighted by Gasteiger charge is -2.18. The molecule has 15 heteroatoms. The quantitative estimate of drug-likeness (QED) is 0.196. The van der Waals surface area contributed by atoms with E-state index >= 15 is 0 Å². The molecule has 3 aromatic carbocycles. The lowest BCUT2D eigenvalue weighted by Crippen LogP contribution is -2.20. The molecule has 0 spiro atoms. The number of hydrogen-bond acceptors (Lipinski definition) is 7. The smallest absolute Gasteiger partial charge is 0.357 e. The first-order valence-electron chi connectivity index (χ1n) is 10.9. The number of sulfone groups is 1. The second kappa shape index (κ2) is 10.2. The fraction of sp³-hybridized carbons (Fsp3) is 0.120. The Kier molecular flexibility index (Phi) is 7.40. The molecule has 0 aliphatic rings.